The molecular weight excluding hydrogens is 154 g/mol. The third kappa shape index (κ3) is 2.05. The summed E-state index contributed by atoms with van der Waals surface area (Å²) in [6.45, 7) is 2.72. The molecule has 0 unspecified atom stereocenters. The van der Waals surface area contributed by atoms with Crippen molar-refractivity contribution in [1.82, 2.24) is 5.32 Å². The fourth-order valence-corrected chi connectivity index (χ4v) is 0.907. The van der Waals surface area contributed by atoms with Gasteiger partial charge in [0.25, 0.3) is 0 Å². The Bertz CT molecular complexity index is 264. The second kappa shape index (κ2) is 3.85. The van der Waals surface area contributed by atoms with Crippen molar-refractivity contribution in [3.05, 3.63) is 23.9 Å². The van der Waals surface area contributed by atoms with Crippen LogP contribution >= 0.6 is 0 Å². The molecule has 0 saturated carbocycles. The molecule has 0 heterocycles. The highest BCUT2D eigenvalue weighted by atomic mass is 16.1. The summed E-state index contributed by atoms with van der Waals surface area (Å²) >= 11 is 0. The van der Waals surface area contributed by atoms with Gasteiger partial charge in [0, 0.05) is 12.6 Å². The molecule has 1 rings (SSSR count). The van der Waals surface area contributed by atoms with E-state index in [-0.39, 0.29) is 11.6 Å². The first-order chi connectivity index (χ1) is 5.74. The number of allylic oxidation sites excluding steroid dienone is 3. The molecule has 0 aromatic heterocycles. The Morgan fingerprint density at radius 1 is 1.33 bits per heavy atom. The Morgan fingerprint density at radius 3 is 2.75 bits per heavy atom. The molecule has 1 N–H and O–H groups in total. The molecule has 0 bridgehead atoms. The molecule has 3 nitrogen and oxygen atoms in total. The van der Waals surface area contributed by atoms with Crippen LogP contribution in [0.15, 0.2) is 23.9 Å². The summed E-state index contributed by atoms with van der Waals surface area (Å²) in [5.74, 6) is -0.253. The molecule has 0 aromatic carbocycles. The van der Waals surface area contributed by atoms with Crippen molar-refractivity contribution in [2.24, 2.45) is 0 Å². The summed E-state index contributed by atoms with van der Waals surface area (Å²) < 4.78 is 0. The van der Waals surface area contributed by atoms with Crippen molar-refractivity contribution in [2.45, 2.75) is 13.3 Å². The third-order valence-corrected chi connectivity index (χ3v) is 1.52. The van der Waals surface area contributed by atoms with Gasteiger partial charge in [0.15, 0.2) is 5.78 Å². The van der Waals surface area contributed by atoms with E-state index in [0.29, 0.717) is 5.70 Å². The molecule has 1 aliphatic rings. The molecule has 64 valence electrons. The molecule has 1 aliphatic carbocycles. The van der Waals surface area contributed by atoms with Crippen molar-refractivity contribution >= 4 is 11.6 Å². The maximum absolute atomic E-state index is 11.1. The Balaban J connectivity index is 2.62. The van der Waals surface area contributed by atoms with Crippen LogP contribution < -0.4 is 5.32 Å². The smallest absolute Gasteiger partial charge is 0.201 e. The topological polar surface area (TPSA) is 46.2 Å². The van der Waals surface area contributed by atoms with E-state index in [4.69, 9.17) is 0 Å². The fraction of sp³-hybridized carbons (Fsp3) is 0.333. The molecule has 0 amide bonds. The van der Waals surface area contributed by atoms with Gasteiger partial charge in [0.1, 0.15) is 0 Å². The summed E-state index contributed by atoms with van der Waals surface area (Å²) in [7, 11) is 0. The van der Waals surface area contributed by atoms with Crippen LogP contribution in [0.1, 0.15) is 13.3 Å². The van der Waals surface area contributed by atoms with Crippen molar-refractivity contribution < 1.29 is 9.59 Å². The summed E-state index contributed by atoms with van der Waals surface area (Å²) in [6.07, 6.45) is 4.83. The minimum absolute atomic E-state index is 0.122. The zero-order valence-corrected chi connectivity index (χ0v) is 6.96. The van der Waals surface area contributed by atoms with Gasteiger partial charge in [-0.2, -0.15) is 0 Å². The standard InChI is InChI=1S/C9H11NO2/c1-2-5-10-8-6-7(11)3-4-9(8)12/h3-4,6,10H,2,5H2,1H3. The lowest BCUT2D eigenvalue weighted by molar-refractivity contribution is -0.114. The monoisotopic (exact) mass is 165 g/mol. The van der Waals surface area contributed by atoms with Crippen LogP contribution in [0.25, 0.3) is 0 Å². The van der Waals surface area contributed by atoms with Gasteiger partial charge >= 0.3 is 0 Å². The number of carbonyl (C=O) groups is 2. The van der Waals surface area contributed by atoms with Crippen LogP contribution in [0, 0.1) is 0 Å². The zero-order chi connectivity index (χ0) is 8.97. The second-order valence-corrected chi connectivity index (χ2v) is 2.58. The van der Waals surface area contributed by atoms with Crippen molar-refractivity contribution in [1.29, 1.82) is 0 Å². The maximum Gasteiger partial charge on any atom is 0.201 e. The quantitative estimate of drug-likeness (QED) is 0.622. The van der Waals surface area contributed by atoms with E-state index in [1.807, 2.05) is 6.92 Å². The van der Waals surface area contributed by atoms with Gasteiger partial charge in [0.2, 0.25) is 5.78 Å². The fourth-order valence-electron chi connectivity index (χ4n) is 0.907. The lowest BCUT2D eigenvalue weighted by Gasteiger charge is -2.08. The van der Waals surface area contributed by atoms with E-state index in [9.17, 15) is 9.59 Å². The Morgan fingerprint density at radius 2 is 2.08 bits per heavy atom. The predicted octanol–water partition coefficient (Wildman–Crippen LogP) is 0.578. The van der Waals surface area contributed by atoms with Crippen molar-refractivity contribution in [3.8, 4) is 0 Å². The molecule has 0 saturated heterocycles. The molecule has 0 radical (unpaired) electrons. The van der Waals surface area contributed by atoms with Gasteiger partial charge in [-0.1, -0.05) is 6.92 Å². The Kier molecular flexibility index (Phi) is 2.80. The highest BCUT2D eigenvalue weighted by Gasteiger charge is 2.11. The largest absolute Gasteiger partial charge is 0.382 e. The third-order valence-electron chi connectivity index (χ3n) is 1.52. The van der Waals surface area contributed by atoms with Crippen LogP contribution in [0.4, 0.5) is 0 Å². The van der Waals surface area contributed by atoms with Gasteiger partial charge in [-0.15, -0.1) is 0 Å². The maximum atomic E-state index is 11.1. The molecule has 3 heteroatoms. The summed E-state index contributed by atoms with van der Waals surface area (Å²) in [5, 5.41) is 2.89. The molecule has 0 fully saturated rings. The van der Waals surface area contributed by atoms with E-state index >= 15 is 0 Å². The van der Waals surface area contributed by atoms with E-state index in [1.165, 1.54) is 18.2 Å². The van der Waals surface area contributed by atoms with Gasteiger partial charge < -0.3 is 5.32 Å². The van der Waals surface area contributed by atoms with Crippen LogP contribution in [0.2, 0.25) is 0 Å². The molecule has 0 aromatic rings. The summed E-state index contributed by atoms with van der Waals surface area (Å²) in [5.41, 5.74) is 0.407. The number of rotatable bonds is 3. The van der Waals surface area contributed by atoms with Gasteiger partial charge in [-0.25, -0.2) is 0 Å². The van der Waals surface area contributed by atoms with Crippen LogP contribution in [0.5, 0.6) is 0 Å². The van der Waals surface area contributed by atoms with Crippen LogP contribution in [-0.2, 0) is 9.59 Å². The van der Waals surface area contributed by atoms with Crippen molar-refractivity contribution in [3.63, 3.8) is 0 Å². The highest BCUT2D eigenvalue weighted by Crippen LogP contribution is 2.01. The summed E-state index contributed by atoms with van der Waals surface area (Å²) in [6, 6.07) is 0. The number of carbonyl (C=O) groups excluding carboxylic acids is 2. The molecular formula is C9H11NO2. The first-order valence-electron chi connectivity index (χ1n) is 3.96. The number of hydrogen-bond acceptors (Lipinski definition) is 3. The first kappa shape index (κ1) is 8.71. The Labute approximate surface area is 71.1 Å². The molecule has 12 heavy (non-hydrogen) atoms. The highest BCUT2D eigenvalue weighted by molar-refractivity contribution is 6.16. The minimum atomic E-state index is -0.131. The second-order valence-electron chi connectivity index (χ2n) is 2.58. The van der Waals surface area contributed by atoms with E-state index in [0.717, 1.165) is 13.0 Å². The van der Waals surface area contributed by atoms with E-state index in [2.05, 4.69) is 5.32 Å². The predicted molar refractivity (Wildman–Crippen MR) is 45.5 cm³/mol. The van der Waals surface area contributed by atoms with Gasteiger partial charge in [-0.3, -0.25) is 9.59 Å². The first-order valence-corrected chi connectivity index (χ1v) is 3.96. The minimum Gasteiger partial charge on any atom is -0.382 e. The zero-order valence-electron chi connectivity index (χ0n) is 6.96. The van der Waals surface area contributed by atoms with Crippen molar-refractivity contribution in [2.75, 3.05) is 6.54 Å². The molecule has 0 atom stereocenters. The molecule has 0 aliphatic heterocycles. The van der Waals surface area contributed by atoms with Crippen LogP contribution in [0.3, 0.4) is 0 Å². The number of hydrogen-bond donors (Lipinski definition) is 1. The van der Waals surface area contributed by atoms with Crippen LogP contribution in [-0.4, -0.2) is 18.1 Å². The average Bonchev–Trinajstić information content (AvgIpc) is 2.07. The SMILES string of the molecule is CCCNC1=CC(=O)C=CC1=O. The lowest BCUT2D eigenvalue weighted by Crippen LogP contribution is -2.23. The van der Waals surface area contributed by atoms with Gasteiger partial charge in [-0.05, 0) is 18.6 Å². The summed E-state index contributed by atoms with van der Waals surface area (Å²) in [4.78, 5) is 21.9. The lowest BCUT2D eigenvalue weighted by atomic mass is 10.1. The Hall–Kier alpha value is -1.38. The number of nitrogens with one attached hydrogen (secondary N) is 1. The number of ketones is 2. The average molecular weight is 165 g/mol. The van der Waals surface area contributed by atoms with E-state index in [1.54, 1.807) is 0 Å². The van der Waals surface area contributed by atoms with E-state index < -0.39 is 0 Å². The normalized spacial score (nSPS) is 16.2. The van der Waals surface area contributed by atoms with Gasteiger partial charge in [0.05, 0.1) is 5.70 Å². The molecule has 0 spiro atoms.